The van der Waals surface area contributed by atoms with E-state index in [0.717, 1.165) is 5.33 Å². The second-order valence-corrected chi connectivity index (χ2v) is 2.39. The number of halogens is 1. The third-order valence-corrected chi connectivity index (χ3v) is 1.76. The summed E-state index contributed by atoms with van der Waals surface area (Å²) in [6, 6.07) is 7.46. The highest BCUT2D eigenvalue weighted by Gasteiger charge is 1.86. The molecule has 0 aliphatic rings. The molecule has 2 heteroatoms. The van der Waals surface area contributed by atoms with Gasteiger partial charge in [0.1, 0.15) is 0 Å². The van der Waals surface area contributed by atoms with Crippen molar-refractivity contribution in [3.05, 3.63) is 29.8 Å². The Bertz CT molecular complexity index is 181. The molecule has 0 spiro atoms. The fourth-order valence-corrected chi connectivity index (χ4v) is 0.968. The van der Waals surface area contributed by atoms with Gasteiger partial charge in [0, 0.05) is 5.33 Å². The summed E-state index contributed by atoms with van der Waals surface area (Å²) in [5, 5.41) is 0.868. The van der Waals surface area contributed by atoms with E-state index in [2.05, 4.69) is 15.9 Å². The van der Waals surface area contributed by atoms with E-state index in [-0.39, 0.29) is 0 Å². The third-order valence-electron chi connectivity index (χ3n) is 1.11. The molecule has 0 unspecified atom stereocenters. The van der Waals surface area contributed by atoms with E-state index in [4.69, 9.17) is 5.73 Å². The summed E-state index contributed by atoms with van der Waals surface area (Å²) >= 11 is 3.32. The van der Waals surface area contributed by atoms with Crippen LogP contribution in [0.15, 0.2) is 24.3 Å². The minimum absolute atomic E-state index is 0.569. The molecule has 0 aliphatic carbocycles. The lowest BCUT2D eigenvalue weighted by Gasteiger charge is -1.92. The number of nitrogens with one attached hydrogen (secondary N) is 1. The van der Waals surface area contributed by atoms with Gasteiger partial charge < -0.3 is 5.73 Å². The second kappa shape index (κ2) is 2.87. The summed E-state index contributed by atoms with van der Waals surface area (Å²) in [5.41, 5.74) is 8.93. The topological polar surface area (TPSA) is 23.8 Å². The molecule has 0 saturated carbocycles. The fourth-order valence-electron chi connectivity index (χ4n) is 0.594. The maximum Gasteiger partial charge on any atom is 0.0540 e. The molecule has 0 saturated heterocycles. The molecule has 0 heterocycles. The van der Waals surface area contributed by atoms with E-state index in [0.29, 0.717) is 5.69 Å². The van der Waals surface area contributed by atoms with Gasteiger partial charge in [0.05, 0.1) is 5.69 Å². The summed E-state index contributed by atoms with van der Waals surface area (Å²) < 4.78 is 0. The number of hydrogen-bond donors (Lipinski definition) is 0. The smallest absolute Gasteiger partial charge is 0.0540 e. The summed E-state index contributed by atoms with van der Waals surface area (Å²) in [7, 11) is 0. The Morgan fingerprint density at radius 3 is 2.22 bits per heavy atom. The molecule has 1 aromatic rings. The van der Waals surface area contributed by atoms with Crippen molar-refractivity contribution in [2.24, 2.45) is 0 Å². The predicted octanol–water partition coefficient (Wildman–Crippen LogP) is 2.50. The van der Waals surface area contributed by atoms with Crippen molar-refractivity contribution >= 4 is 21.6 Å². The Balaban J connectivity index is 2.88. The lowest BCUT2D eigenvalue weighted by atomic mass is 10.2. The Labute approximate surface area is 63.0 Å². The van der Waals surface area contributed by atoms with Gasteiger partial charge in [-0.15, -0.1) is 0 Å². The maximum absolute atomic E-state index is 7.15. The van der Waals surface area contributed by atoms with Crippen LogP contribution in [0, 0.1) is 0 Å². The summed E-state index contributed by atoms with van der Waals surface area (Å²) in [6.07, 6.45) is 0. The lowest BCUT2D eigenvalue weighted by molar-refractivity contribution is 1.40. The zero-order valence-electron chi connectivity index (χ0n) is 4.89. The molecule has 9 heavy (non-hydrogen) atoms. The molecule has 0 amide bonds. The minimum Gasteiger partial charge on any atom is -0.301 e. The summed E-state index contributed by atoms with van der Waals surface area (Å²) in [6.45, 7) is 0. The average molecular weight is 185 g/mol. The van der Waals surface area contributed by atoms with Crippen molar-refractivity contribution in [3.63, 3.8) is 0 Å². The number of alkyl halides is 1. The largest absolute Gasteiger partial charge is 0.301 e. The quantitative estimate of drug-likeness (QED) is 0.600. The van der Waals surface area contributed by atoms with Crippen molar-refractivity contribution in [2.45, 2.75) is 5.33 Å². The average Bonchev–Trinajstić information content (AvgIpc) is 1.90. The van der Waals surface area contributed by atoms with Crippen LogP contribution in [-0.2, 0) is 5.33 Å². The minimum atomic E-state index is 0.569. The molecule has 1 nitrogen and oxygen atoms in total. The van der Waals surface area contributed by atoms with Crippen molar-refractivity contribution in [2.75, 3.05) is 0 Å². The second-order valence-electron chi connectivity index (χ2n) is 1.83. The number of benzene rings is 1. The molecule has 1 rings (SSSR count). The van der Waals surface area contributed by atoms with Crippen LogP contribution in [0.2, 0.25) is 0 Å². The standard InChI is InChI=1S/C7H7BrN/c8-5-6-1-3-7(9)4-2-6/h1-4,9H,5H2. The molecule has 1 aromatic carbocycles. The molecule has 0 aromatic heterocycles. The first-order valence-electron chi connectivity index (χ1n) is 2.69. The van der Waals surface area contributed by atoms with Crippen molar-refractivity contribution in [1.82, 2.24) is 5.73 Å². The van der Waals surface area contributed by atoms with Crippen LogP contribution in [0.5, 0.6) is 0 Å². The number of hydrogen-bond acceptors (Lipinski definition) is 0. The van der Waals surface area contributed by atoms with E-state index in [1.165, 1.54) is 5.56 Å². The molecule has 1 radical (unpaired) electrons. The molecule has 0 fully saturated rings. The van der Waals surface area contributed by atoms with Gasteiger partial charge in [-0.05, 0) is 17.7 Å². The normalized spacial score (nSPS) is 9.44. The van der Waals surface area contributed by atoms with Gasteiger partial charge in [0.2, 0.25) is 0 Å². The van der Waals surface area contributed by atoms with Crippen LogP contribution < -0.4 is 5.73 Å². The molecular weight excluding hydrogens is 178 g/mol. The highest BCUT2D eigenvalue weighted by molar-refractivity contribution is 9.08. The van der Waals surface area contributed by atoms with Crippen LogP contribution in [0.25, 0.3) is 0 Å². The van der Waals surface area contributed by atoms with Crippen LogP contribution in [0.1, 0.15) is 5.56 Å². The van der Waals surface area contributed by atoms with E-state index >= 15 is 0 Å². The Morgan fingerprint density at radius 2 is 1.78 bits per heavy atom. The van der Waals surface area contributed by atoms with Gasteiger partial charge in [-0.1, -0.05) is 28.1 Å². The molecule has 0 aliphatic heterocycles. The zero-order valence-corrected chi connectivity index (χ0v) is 6.48. The van der Waals surface area contributed by atoms with Crippen molar-refractivity contribution in [1.29, 1.82) is 0 Å². The van der Waals surface area contributed by atoms with E-state index in [1.54, 1.807) is 12.1 Å². The van der Waals surface area contributed by atoms with Gasteiger partial charge in [0.15, 0.2) is 0 Å². The van der Waals surface area contributed by atoms with Crippen molar-refractivity contribution < 1.29 is 0 Å². The van der Waals surface area contributed by atoms with Gasteiger partial charge >= 0.3 is 0 Å². The maximum atomic E-state index is 7.15. The highest BCUT2D eigenvalue weighted by Crippen LogP contribution is 2.09. The molecular formula is C7H7BrN. The van der Waals surface area contributed by atoms with Crippen LogP contribution in [0.4, 0.5) is 5.69 Å². The summed E-state index contributed by atoms with van der Waals surface area (Å²) in [5.74, 6) is 0. The zero-order chi connectivity index (χ0) is 6.69. The monoisotopic (exact) mass is 184 g/mol. The molecule has 0 atom stereocenters. The number of rotatable bonds is 1. The summed E-state index contributed by atoms with van der Waals surface area (Å²) in [4.78, 5) is 0. The predicted molar refractivity (Wildman–Crippen MR) is 41.8 cm³/mol. The highest BCUT2D eigenvalue weighted by atomic mass is 79.9. The van der Waals surface area contributed by atoms with Crippen molar-refractivity contribution in [3.8, 4) is 0 Å². The van der Waals surface area contributed by atoms with Crippen LogP contribution in [-0.4, -0.2) is 0 Å². The van der Waals surface area contributed by atoms with Gasteiger partial charge in [-0.25, -0.2) is 0 Å². The van der Waals surface area contributed by atoms with E-state index in [9.17, 15) is 0 Å². The third kappa shape index (κ3) is 1.72. The Hall–Kier alpha value is -0.500. The van der Waals surface area contributed by atoms with Crippen LogP contribution >= 0.6 is 15.9 Å². The van der Waals surface area contributed by atoms with E-state index < -0.39 is 0 Å². The first-order chi connectivity index (χ1) is 4.33. The van der Waals surface area contributed by atoms with Gasteiger partial charge in [0.25, 0.3) is 0 Å². The fraction of sp³-hybridized carbons (Fsp3) is 0.143. The van der Waals surface area contributed by atoms with Crippen LogP contribution in [0.3, 0.4) is 0 Å². The first-order valence-corrected chi connectivity index (χ1v) is 3.81. The Morgan fingerprint density at radius 1 is 1.22 bits per heavy atom. The van der Waals surface area contributed by atoms with Gasteiger partial charge in [-0.3, -0.25) is 0 Å². The molecule has 47 valence electrons. The lowest BCUT2D eigenvalue weighted by Crippen LogP contribution is -1.74. The van der Waals surface area contributed by atoms with Gasteiger partial charge in [-0.2, -0.15) is 0 Å². The Kier molecular flexibility index (Phi) is 2.11. The van der Waals surface area contributed by atoms with E-state index in [1.807, 2.05) is 12.1 Å². The molecule has 0 bridgehead atoms. The SMILES string of the molecule is [NH]c1ccc(CBr)cc1. The first kappa shape index (κ1) is 6.62. The molecule has 1 N–H and O–H groups in total.